The van der Waals surface area contributed by atoms with Gasteiger partial charge in [-0.05, 0) is 49.4 Å². The van der Waals surface area contributed by atoms with Crippen molar-refractivity contribution in [2.45, 2.75) is 6.92 Å². The van der Waals surface area contributed by atoms with E-state index in [4.69, 9.17) is 14.2 Å². The Balaban J connectivity index is 1.47. The van der Waals surface area contributed by atoms with Gasteiger partial charge in [0.2, 0.25) is 0 Å². The van der Waals surface area contributed by atoms with Gasteiger partial charge >= 0.3 is 0 Å². The van der Waals surface area contributed by atoms with E-state index >= 15 is 0 Å². The minimum Gasteiger partial charge on any atom is -0.494 e. The fraction of sp³-hybridized carbons (Fsp3) is 0.391. The van der Waals surface area contributed by atoms with Gasteiger partial charge < -0.3 is 14.2 Å². The first-order chi connectivity index (χ1) is 15.6. The van der Waals surface area contributed by atoms with Gasteiger partial charge in [0.25, 0.3) is 5.91 Å². The van der Waals surface area contributed by atoms with E-state index in [1.54, 1.807) is 23.1 Å². The first-order valence-corrected chi connectivity index (χ1v) is 11.5. The van der Waals surface area contributed by atoms with Crippen molar-refractivity contribution in [2.75, 3.05) is 57.5 Å². The lowest BCUT2D eigenvalue weighted by Gasteiger charge is -2.29. The number of thiazole rings is 1. The van der Waals surface area contributed by atoms with Crippen LogP contribution in [0.5, 0.6) is 11.5 Å². The lowest BCUT2D eigenvalue weighted by Crippen LogP contribution is -2.44. The Morgan fingerprint density at radius 3 is 2.59 bits per heavy atom. The first-order valence-electron chi connectivity index (χ1n) is 10.6. The van der Waals surface area contributed by atoms with Gasteiger partial charge in [0, 0.05) is 26.2 Å². The molecule has 7 nitrogen and oxygen atoms in total. The summed E-state index contributed by atoms with van der Waals surface area (Å²) in [5.74, 6) is 0.811. The Hall–Kier alpha value is -2.75. The van der Waals surface area contributed by atoms with Gasteiger partial charge in [-0.3, -0.25) is 14.6 Å². The molecule has 0 aliphatic carbocycles. The van der Waals surface area contributed by atoms with E-state index in [2.05, 4.69) is 9.88 Å². The smallest absolute Gasteiger partial charge is 0.266 e. The third kappa shape index (κ3) is 5.73. The molecule has 1 aliphatic heterocycles. The second kappa shape index (κ2) is 10.7. The van der Waals surface area contributed by atoms with Crippen LogP contribution in [-0.2, 0) is 9.53 Å². The van der Waals surface area contributed by atoms with Crippen molar-refractivity contribution in [3.05, 3.63) is 48.3 Å². The van der Waals surface area contributed by atoms with E-state index in [0.29, 0.717) is 54.0 Å². The highest BCUT2D eigenvalue weighted by Crippen LogP contribution is 2.29. The number of hydrogen-bond acceptors (Lipinski definition) is 7. The predicted octanol–water partition coefficient (Wildman–Crippen LogP) is 3.58. The molecular formula is C23H26FN3O4S. The molecule has 1 fully saturated rings. The largest absolute Gasteiger partial charge is 0.494 e. The van der Waals surface area contributed by atoms with E-state index in [1.807, 2.05) is 19.1 Å². The van der Waals surface area contributed by atoms with Crippen molar-refractivity contribution in [1.82, 2.24) is 9.88 Å². The number of halogens is 1. The monoisotopic (exact) mass is 459 g/mol. The molecule has 0 bridgehead atoms. The summed E-state index contributed by atoms with van der Waals surface area (Å²) in [6.45, 7) is 6.58. The molecule has 1 saturated heterocycles. The second-order valence-corrected chi connectivity index (χ2v) is 8.31. The molecule has 1 amide bonds. The molecule has 0 N–H and O–H groups in total. The minimum absolute atomic E-state index is 0.124. The highest BCUT2D eigenvalue weighted by atomic mass is 32.1. The lowest BCUT2D eigenvalue weighted by molar-refractivity contribution is -0.120. The molecule has 2 heterocycles. The van der Waals surface area contributed by atoms with Crippen LogP contribution in [0, 0.1) is 5.82 Å². The van der Waals surface area contributed by atoms with Crippen molar-refractivity contribution < 1.29 is 23.4 Å². The van der Waals surface area contributed by atoms with E-state index in [0.717, 1.165) is 18.8 Å². The summed E-state index contributed by atoms with van der Waals surface area (Å²) in [6, 6.07) is 11.6. The molecule has 3 aromatic rings. The maximum atomic E-state index is 13.6. The summed E-state index contributed by atoms with van der Waals surface area (Å²) in [5, 5.41) is 0.541. The average Bonchev–Trinajstić information content (AvgIpc) is 3.22. The molecule has 0 atom stereocenters. The molecule has 2 aromatic carbocycles. The molecule has 32 heavy (non-hydrogen) atoms. The molecule has 170 valence electrons. The number of carbonyl (C=O) groups excluding carboxylic acids is 1. The Labute approximate surface area is 190 Å². The van der Waals surface area contributed by atoms with Gasteiger partial charge in [-0.1, -0.05) is 11.3 Å². The van der Waals surface area contributed by atoms with Crippen molar-refractivity contribution in [3.63, 3.8) is 0 Å². The number of rotatable bonds is 9. The Bertz CT molecular complexity index is 1040. The maximum absolute atomic E-state index is 13.6. The van der Waals surface area contributed by atoms with Crippen LogP contribution in [0.25, 0.3) is 10.2 Å². The van der Waals surface area contributed by atoms with Crippen LogP contribution in [0.15, 0.2) is 42.5 Å². The molecule has 0 radical (unpaired) electrons. The minimum atomic E-state index is -0.322. The van der Waals surface area contributed by atoms with Gasteiger partial charge in [-0.2, -0.15) is 0 Å². The zero-order chi connectivity index (χ0) is 22.3. The summed E-state index contributed by atoms with van der Waals surface area (Å²) in [6.07, 6.45) is 0. The summed E-state index contributed by atoms with van der Waals surface area (Å²) in [5.41, 5.74) is 0.669. The number of morpholine rings is 1. The maximum Gasteiger partial charge on any atom is 0.266 e. The zero-order valence-electron chi connectivity index (χ0n) is 18.0. The summed E-state index contributed by atoms with van der Waals surface area (Å²) < 4.78 is 30.9. The van der Waals surface area contributed by atoms with Gasteiger partial charge in [0.1, 0.15) is 17.3 Å². The first kappa shape index (κ1) is 22.4. The van der Waals surface area contributed by atoms with Crippen molar-refractivity contribution in [2.24, 2.45) is 0 Å². The fourth-order valence-corrected chi connectivity index (χ4v) is 4.45. The van der Waals surface area contributed by atoms with Gasteiger partial charge in [-0.25, -0.2) is 9.37 Å². The van der Waals surface area contributed by atoms with Crippen molar-refractivity contribution in [3.8, 4) is 11.5 Å². The molecule has 0 saturated carbocycles. The number of benzene rings is 2. The lowest BCUT2D eigenvalue weighted by atomic mass is 10.3. The molecule has 1 aromatic heterocycles. The molecule has 9 heteroatoms. The Morgan fingerprint density at radius 1 is 1.16 bits per heavy atom. The number of amides is 1. The zero-order valence-corrected chi connectivity index (χ0v) is 18.8. The SMILES string of the molecule is CCOc1ccc(OCC(=O)N(CCN2CCOCC2)c2nc3ccc(F)cc3s2)cc1. The number of ether oxygens (including phenoxy) is 3. The van der Waals surface area contributed by atoms with E-state index in [1.165, 1.54) is 23.5 Å². The second-order valence-electron chi connectivity index (χ2n) is 7.30. The van der Waals surface area contributed by atoms with Crippen LogP contribution in [0.1, 0.15) is 6.92 Å². The molecule has 0 unspecified atom stereocenters. The van der Waals surface area contributed by atoms with Gasteiger partial charge in [-0.15, -0.1) is 0 Å². The third-order valence-corrected chi connectivity index (χ3v) is 6.15. The average molecular weight is 460 g/mol. The quantitative estimate of drug-likeness (QED) is 0.488. The highest BCUT2D eigenvalue weighted by molar-refractivity contribution is 7.22. The predicted molar refractivity (Wildman–Crippen MR) is 122 cm³/mol. The van der Waals surface area contributed by atoms with E-state index in [-0.39, 0.29) is 18.3 Å². The van der Waals surface area contributed by atoms with Crippen molar-refractivity contribution >= 4 is 32.6 Å². The van der Waals surface area contributed by atoms with Crippen LogP contribution in [0.3, 0.4) is 0 Å². The Morgan fingerprint density at radius 2 is 1.88 bits per heavy atom. The fourth-order valence-electron chi connectivity index (χ4n) is 3.42. The number of hydrogen-bond donors (Lipinski definition) is 0. The van der Waals surface area contributed by atoms with Crippen LogP contribution < -0.4 is 14.4 Å². The summed E-state index contributed by atoms with van der Waals surface area (Å²) in [4.78, 5) is 21.6. The van der Waals surface area contributed by atoms with Crippen LogP contribution >= 0.6 is 11.3 Å². The molecule has 0 spiro atoms. The topological polar surface area (TPSA) is 64.1 Å². The van der Waals surface area contributed by atoms with Gasteiger partial charge in [0.15, 0.2) is 11.7 Å². The molecule has 4 rings (SSSR count). The number of fused-ring (bicyclic) bond motifs is 1. The van der Waals surface area contributed by atoms with Crippen LogP contribution in [0.2, 0.25) is 0 Å². The normalized spacial score (nSPS) is 14.4. The number of nitrogens with zero attached hydrogens (tertiary/aromatic N) is 3. The number of anilines is 1. The standard InChI is InChI=1S/C23H26FN3O4S/c1-2-30-18-4-6-19(7-5-18)31-16-22(28)27(10-9-26-11-13-29-14-12-26)23-25-20-8-3-17(24)15-21(20)32-23/h3-8,15H,2,9-14,16H2,1H3. The summed E-state index contributed by atoms with van der Waals surface area (Å²) >= 11 is 1.30. The molecular weight excluding hydrogens is 433 g/mol. The summed E-state index contributed by atoms with van der Waals surface area (Å²) in [7, 11) is 0. The third-order valence-electron chi connectivity index (χ3n) is 5.11. The molecule has 1 aliphatic rings. The highest BCUT2D eigenvalue weighted by Gasteiger charge is 2.22. The number of aromatic nitrogens is 1. The Kier molecular flexibility index (Phi) is 7.51. The van der Waals surface area contributed by atoms with Crippen molar-refractivity contribution in [1.29, 1.82) is 0 Å². The van der Waals surface area contributed by atoms with E-state index < -0.39 is 0 Å². The van der Waals surface area contributed by atoms with Crippen LogP contribution in [0.4, 0.5) is 9.52 Å². The number of carbonyl (C=O) groups is 1. The van der Waals surface area contributed by atoms with Crippen LogP contribution in [-0.4, -0.2) is 68.4 Å². The van der Waals surface area contributed by atoms with Gasteiger partial charge in [0.05, 0.1) is 30.0 Å². The van der Waals surface area contributed by atoms with E-state index in [9.17, 15) is 9.18 Å².